The molecule has 0 atom stereocenters. The van der Waals surface area contributed by atoms with E-state index in [1.807, 2.05) is 6.07 Å². The summed E-state index contributed by atoms with van der Waals surface area (Å²) in [6.45, 7) is 1.03. The fourth-order valence-corrected chi connectivity index (χ4v) is 3.31. The summed E-state index contributed by atoms with van der Waals surface area (Å²) in [5, 5.41) is 6.29. The molecule has 2 aromatic rings. The van der Waals surface area contributed by atoms with Gasteiger partial charge < -0.3 is 10.6 Å². The monoisotopic (exact) mass is 392 g/mol. The summed E-state index contributed by atoms with van der Waals surface area (Å²) >= 11 is 0. The molecule has 0 aliphatic rings. The predicted molar refractivity (Wildman–Crippen MR) is 106 cm³/mol. The van der Waals surface area contributed by atoms with Crippen LogP contribution in [0.15, 0.2) is 58.4 Å². The SMILES string of the molecule is CN=C(NCCc1ccccc1F)NCc1ccc(S(=O)(=O)N(C)C)cc1. The fourth-order valence-electron chi connectivity index (χ4n) is 2.41. The van der Waals surface area contributed by atoms with E-state index in [1.165, 1.54) is 24.5 Å². The Morgan fingerprint density at radius 2 is 1.74 bits per heavy atom. The van der Waals surface area contributed by atoms with E-state index in [1.54, 1.807) is 43.4 Å². The number of sulfonamides is 1. The van der Waals surface area contributed by atoms with E-state index >= 15 is 0 Å². The Labute approximate surface area is 160 Å². The zero-order valence-electron chi connectivity index (χ0n) is 15.7. The molecule has 0 saturated carbocycles. The first-order chi connectivity index (χ1) is 12.8. The smallest absolute Gasteiger partial charge is 0.242 e. The van der Waals surface area contributed by atoms with E-state index in [0.717, 1.165) is 5.56 Å². The molecule has 27 heavy (non-hydrogen) atoms. The molecule has 0 radical (unpaired) electrons. The van der Waals surface area contributed by atoms with Gasteiger partial charge in [0.25, 0.3) is 0 Å². The molecule has 6 nitrogen and oxygen atoms in total. The van der Waals surface area contributed by atoms with Crippen molar-refractivity contribution in [3.63, 3.8) is 0 Å². The highest BCUT2D eigenvalue weighted by Crippen LogP contribution is 2.13. The number of benzene rings is 2. The molecule has 0 aromatic heterocycles. The summed E-state index contributed by atoms with van der Waals surface area (Å²) in [5.41, 5.74) is 1.57. The highest BCUT2D eigenvalue weighted by molar-refractivity contribution is 7.89. The number of hydrogen-bond acceptors (Lipinski definition) is 3. The Morgan fingerprint density at radius 1 is 1.07 bits per heavy atom. The van der Waals surface area contributed by atoms with Gasteiger partial charge in [-0.2, -0.15) is 0 Å². The first-order valence-electron chi connectivity index (χ1n) is 8.54. The third kappa shape index (κ3) is 5.77. The molecule has 0 heterocycles. The van der Waals surface area contributed by atoms with Gasteiger partial charge >= 0.3 is 0 Å². The average Bonchev–Trinajstić information content (AvgIpc) is 2.66. The Morgan fingerprint density at radius 3 is 2.33 bits per heavy atom. The predicted octanol–water partition coefficient (Wildman–Crippen LogP) is 1.98. The highest BCUT2D eigenvalue weighted by Gasteiger charge is 2.16. The molecular formula is C19H25FN4O2S. The normalized spacial score (nSPS) is 12.3. The van der Waals surface area contributed by atoms with Gasteiger partial charge in [-0.15, -0.1) is 0 Å². The molecule has 146 valence electrons. The second-order valence-corrected chi connectivity index (χ2v) is 8.28. The number of aliphatic imine (C=N–C) groups is 1. The molecule has 0 aliphatic heterocycles. The molecule has 0 amide bonds. The number of nitrogens with zero attached hydrogens (tertiary/aromatic N) is 2. The van der Waals surface area contributed by atoms with Gasteiger partial charge in [0.15, 0.2) is 5.96 Å². The van der Waals surface area contributed by atoms with E-state index < -0.39 is 10.0 Å². The van der Waals surface area contributed by atoms with Gasteiger partial charge in [-0.25, -0.2) is 17.1 Å². The van der Waals surface area contributed by atoms with Crippen LogP contribution in [0.2, 0.25) is 0 Å². The van der Waals surface area contributed by atoms with Gasteiger partial charge in [0, 0.05) is 34.2 Å². The Hall–Kier alpha value is -2.45. The molecule has 2 rings (SSSR count). The molecule has 0 unspecified atom stereocenters. The lowest BCUT2D eigenvalue weighted by molar-refractivity contribution is 0.520. The minimum atomic E-state index is -3.43. The Bertz CT molecular complexity index is 881. The van der Waals surface area contributed by atoms with E-state index in [9.17, 15) is 12.8 Å². The van der Waals surface area contributed by atoms with Gasteiger partial charge in [0.05, 0.1) is 4.90 Å². The van der Waals surface area contributed by atoms with Crippen molar-refractivity contribution in [1.29, 1.82) is 0 Å². The molecule has 0 bridgehead atoms. The Kier molecular flexibility index (Phi) is 7.32. The standard InChI is InChI=1S/C19H25FN4O2S/c1-21-19(22-13-12-16-6-4-5-7-18(16)20)23-14-15-8-10-17(11-9-15)27(25,26)24(2)3/h4-11H,12-14H2,1-3H3,(H2,21,22,23). The first-order valence-corrected chi connectivity index (χ1v) is 9.98. The van der Waals surface area contributed by atoms with Crippen LogP contribution in [0, 0.1) is 5.82 Å². The number of rotatable bonds is 7. The van der Waals surface area contributed by atoms with Crippen molar-refractivity contribution in [2.75, 3.05) is 27.7 Å². The molecule has 0 fully saturated rings. The van der Waals surface area contributed by atoms with E-state index in [-0.39, 0.29) is 10.7 Å². The second-order valence-electron chi connectivity index (χ2n) is 6.13. The maximum atomic E-state index is 13.6. The van der Waals surface area contributed by atoms with Crippen LogP contribution in [0.5, 0.6) is 0 Å². The molecule has 8 heteroatoms. The van der Waals surface area contributed by atoms with E-state index in [4.69, 9.17) is 0 Å². The summed E-state index contributed by atoms with van der Waals surface area (Å²) in [5.74, 6) is 0.381. The van der Waals surface area contributed by atoms with Crippen LogP contribution >= 0.6 is 0 Å². The molecular weight excluding hydrogens is 367 g/mol. The van der Waals surface area contributed by atoms with Gasteiger partial charge in [0.1, 0.15) is 5.82 Å². The third-order valence-electron chi connectivity index (χ3n) is 4.03. The molecule has 2 N–H and O–H groups in total. The zero-order chi connectivity index (χ0) is 19.9. The summed E-state index contributed by atoms with van der Waals surface area (Å²) in [4.78, 5) is 4.39. The lowest BCUT2D eigenvalue weighted by Crippen LogP contribution is -2.37. The average molecular weight is 393 g/mol. The third-order valence-corrected chi connectivity index (χ3v) is 5.86. The number of guanidine groups is 1. The molecule has 0 saturated heterocycles. The summed E-state index contributed by atoms with van der Waals surface area (Å²) in [6, 6.07) is 13.4. The van der Waals surface area contributed by atoms with Crippen LogP contribution in [0.1, 0.15) is 11.1 Å². The van der Waals surface area contributed by atoms with Crippen LogP contribution in [0.4, 0.5) is 4.39 Å². The maximum absolute atomic E-state index is 13.6. The lowest BCUT2D eigenvalue weighted by Gasteiger charge is -2.13. The van der Waals surface area contributed by atoms with Crippen molar-refractivity contribution < 1.29 is 12.8 Å². The van der Waals surface area contributed by atoms with Crippen molar-refractivity contribution in [2.24, 2.45) is 4.99 Å². The topological polar surface area (TPSA) is 73.8 Å². The summed E-state index contributed by atoms with van der Waals surface area (Å²) in [7, 11) is 1.24. The minimum Gasteiger partial charge on any atom is -0.356 e. The fraction of sp³-hybridized carbons (Fsp3) is 0.316. The number of nitrogens with one attached hydrogen (secondary N) is 2. The van der Waals surface area contributed by atoms with E-state index in [0.29, 0.717) is 31.0 Å². The van der Waals surface area contributed by atoms with Crippen molar-refractivity contribution in [1.82, 2.24) is 14.9 Å². The maximum Gasteiger partial charge on any atom is 0.242 e. The summed E-state index contributed by atoms with van der Waals surface area (Å²) < 4.78 is 38.9. The van der Waals surface area contributed by atoms with Crippen LogP contribution in [-0.2, 0) is 23.0 Å². The largest absolute Gasteiger partial charge is 0.356 e. The quantitative estimate of drug-likeness (QED) is 0.558. The van der Waals surface area contributed by atoms with E-state index in [2.05, 4.69) is 15.6 Å². The van der Waals surface area contributed by atoms with Crippen molar-refractivity contribution in [2.45, 2.75) is 17.9 Å². The molecule has 0 spiro atoms. The first kappa shape index (κ1) is 20.9. The number of hydrogen-bond donors (Lipinski definition) is 2. The van der Waals surface area contributed by atoms with Crippen LogP contribution in [0.3, 0.4) is 0 Å². The minimum absolute atomic E-state index is 0.213. The second kappa shape index (κ2) is 9.48. The van der Waals surface area contributed by atoms with Gasteiger partial charge in [0.2, 0.25) is 10.0 Å². The van der Waals surface area contributed by atoms with Gasteiger partial charge in [-0.3, -0.25) is 4.99 Å². The van der Waals surface area contributed by atoms with Crippen LogP contribution in [0.25, 0.3) is 0 Å². The van der Waals surface area contributed by atoms with Gasteiger partial charge in [-0.05, 0) is 35.7 Å². The molecule has 0 aliphatic carbocycles. The highest BCUT2D eigenvalue weighted by atomic mass is 32.2. The van der Waals surface area contributed by atoms with Crippen molar-refractivity contribution >= 4 is 16.0 Å². The number of halogens is 1. The van der Waals surface area contributed by atoms with Gasteiger partial charge in [-0.1, -0.05) is 30.3 Å². The summed E-state index contributed by atoms with van der Waals surface area (Å²) in [6.07, 6.45) is 0.546. The van der Waals surface area contributed by atoms with Crippen LogP contribution < -0.4 is 10.6 Å². The van der Waals surface area contributed by atoms with Crippen LogP contribution in [-0.4, -0.2) is 46.4 Å². The zero-order valence-corrected chi connectivity index (χ0v) is 16.6. The van der Waals surface area contributed by atoms with Crippen molar-refractivity contribution in [3.8, 4) is 0 Å². The Balaban J connectivity index is 1.86. The molecule has 2 aromatic carbocycles. The lowest BCUT2D eigenvalue weighted by atomic mass is 10.1. The van der Waals surface area contributed by atoms with Crippen molar-refractivity contribution in [3.05, 3.63) is 65.5 Å².